The van der Waals surface area contributed by atoms with Crippen molar-refractivity contribution in [2.24, 2.45) is 0 Å². The summed E-state index contributed by atoms with van der Waals surface area (Å²) in [5.41, 5.74) is 2.42. The topological polar surface area (TPSA) is 111 Å². The molecule has 0 saturated heterocycles. The van der Waals surface area contributed by atoms with Crippen molar-refractivity contribution in [2.75, 3.05) is 13.2 Å². The van der Waals surface area contributed by atoms with E-state index in [2.05, 4.69) is 68.4 Å². The van der Waals surface area contributed by atoms with Crippen molar-refractivity contribution < 1.29 is 38.4 Å². The Balaban J connectivity index is 0.000000739. The third kappa shape index (κ3) is 11.1. The van der Waals surface area contributed by atoms with Gasteiger partial charge in [0, 0.05) is 23.3 Å². The fourth-order valence-electron chi connectivity index (χ4n) is 3.11. The zero-order valence-electron chi connectivity index (χ0n) is 19.5. The molecule has 0 bridgehead atoms. The van der Waals surface area contributed by atoms with Gasteiger partial charge in [-0.3, -0.25) is 0 Å². The molecule has 0 aliphatic rings. The molecule has 186 valence electrons. The lowest BCUT2D eigenvalue weighted by Crippen LogP contribution is -2.68. The molecule has 3 rings (SSSR count). The Morgan fingerprint density at radius 1 is 0.794 bits per heavy atom. The molecule has 0 spiro atoms. The average molecular weight is 527 g/mol. The molecule has 0 saturated carbocycles. The molecule has 1 heterocycles. The van der Waals surface area contributed by atoms with Crippen LogP contribution in [0.3, 0.4) is 0 Å². The monoisotopic (exact) mass is 526 g/mol. The quantitative estimate of drug-likeness (QED) is 0.201. The van der Waals surface area contributed by atoms with Gasteiger partial charge in [-0.1, -0.05) is 57.7 Å². The summed E-state index contributed by atoms with van der Waals surface area (Å²) in [4.78, 5) is 2.54. The van der Waals surface area contributed by atoms with Gasteiger partial charge < -0.3 is 9.47 Å². The minimum absolute atomic E-state index is 0.750. The maximum absolute atomic E-state index is 8.49. The zero-order chi connectivity index (χ0) is 24.8. The summed E-state index contributed by atoms with van der Waals surface area (Å²) in [7, 11) is -1.32. The van der Waals surface area contributed by atoms with Crippen LogP contribution >= 0.6 is 20.7 Å². The smallest absolute Gasteiger partial charge is 0.301 e. The van der Waals surface area contributed by atoms with Crippen molar-refractivity contribution in [1.29, 1.82) is 0 Å². The van der Waals surface area contributed by atoms with Crippen LogP contribution in [0, 0.1) is 10.2 Å². The van der Waals surface area contributed by atoms with Gasteiger partial charge in [0.05, 0.1) is 13.2 Å². The Morgan fingerprint density at radius 2 is 1.41 bits per heavy atom. The highest BCUT2D eigenvalue weighted by atomic mass is 35.7. The van der Waals surface area contributed by atoms with E-state index in [4.69, 9.17) is 28.1 Å². The second-order valence-corrected chi connectivity index (χ2v) is 10.5. The lowest BCUT2D eigenvalue weighted by atomic mass is 10.1. The number of unbranched alkanes of at least 4 members (excludes halogenated alkanes) is 4. The number of halogens is 1. The van der Waals surface area contributed by atoms with Crippen LogP contribution < -0.4 is 28.1 Å². The highest BCUT2D eigenvalue weighted by molar-refractivity contribution is 7.72. The molecule has 1 aromatic heterocycles. The summed E-state index contributed by atoms with van der Waals surface area (Å²) in [5, 5.41) is 0. The summed E-state index contributed by atoms with van der Waals surface area (Å²) in [5.74, 6) is 1.83. The molecule has 6 nitrogen and oxygen atoms in total. The van der Waals surface area contributed by atoms with Gasteiger partial charge in [0.1, 0.15) is 16.4 Å². The summed E-state index contributed by atoms with van der Waals surface area (Å²) in [6.45, 7) is 5.94. The van der Waals surface area contributed by atoms with Crippen LogP contribution in [0.1, 0.15) is 52.4 Å². The van der Waals surface area contributed by atoms with Gasteiger partial charge in [0.15, 0.2) is 10.3 Å². The fraction of sp³-hybridized carbons (Fsp3) is 0.400. The predicted octanol–water partition coefficient (Wildman–Crippen LogP) is 3.81. The fourth-order valence-corrected chi connectivity index (χ4v) is 5.57. The molecule has 9 heteroatoms. The van der Waals surface area contributed by atoms with Gasteiger partial charge in [-0.25, -0.2) is 18.6 Å². The van der Waals surface area contributed by atoms with Gasteiger partial charge in [0.25, 0.3) is 4.88 Å². The first-order chi connectivity index (χ1) is 16.3. The molecule has 0 unspecified atom stereocenters. The number of ether oxygens (including phenoxy) is 2. The minimum Gasteiger partial charge on any atom is -0.493 e. The van der Waals surface area contributed by atoms with E-state index < -0.39 is 10.2 Å². The van der Waals surface area contributed by atoms with Crippen LogP contribution in [0.25, 0.3) is 20.9 Å². The molecular weight excluding hydrogens is 496 g/mol. The van der Waals surface area contributed by atoms with Gasteiger partial charge in [-0.15, -0.1) is 10.2 Å². The largest absolute Gasteiger partial charge is 0.493 e. The predicted molar refractivity (Wildman–Crippen MR) is 128 cm³/mol. The number of hydrogen-bond acceptors (Lipinski definition) is 7. The van der Waals surface area contributed by atoms with Gasteiger partial charge in [0.2, 0.25) is 0 Å². The maximum Gasteiger partial charge on any atom is 0.301 e. The van der Waals surface area contributed by atoms with Crippen molar-refractivity contribution in [1.82, 2.24) is 0 Å². The Labute approximate surface area is 211 Å². The van der Waals surface area contributed by atoms with Gasteiger partial charge >= 0.3 is 10.3 Å². The molecule has 0 radical (unpaired) electrons. The van der Waals surface area contributed by atoms with Crippen LogP contribution in [0.2, 0.25) is 0 Å². The van der Waals surface area contributed by atoms with Crippen molar-refractivity contribution >= 4 is 20.7 Å². The van der Waals surface area contributed by atoms with Crippen LogP contribution in [0.5, 0.6) is 11.5 Å². The number of rotatable bonds is 12. The van der Waals surface area contributed by atoms with E-state index in [1.165, 1.54) is 41.0 Å². The summed E-state index contributed by atoms with van der Waals surface area (Å²) in [6, 6.07) is 19.1. The first kappa shape index (κ1) is 28.5. The van der Waals surface area contributed by atoms with Gasteiger partial charge in [-0.05, 0) is 37.1 Å². The first-order valence-corrected chi connectivity index (χ1v) is 14.7. The Bertz CT molecular complexity index is 954. The molecular formula is C25H31ClO6S2. The number of benzene rings is 2. The Hall–Kier alpha value is -1.78. The highest BCUT2D eigenvalue weighted by Crippen LogP contribution is 2.42. The van der Waals surface area contributed by atoms with E-state index >= 15 is 0 Å². The molecule has 3 aromatic rings. The lowest BCUT2D eigenvalue weighted by molar-refractivity contribution is -2.00. The van der Waals surface area contributed by atoms with Crippen LogP contribution in [-0.2, 0) is 0 Å². The van der Waals surface area contributed by atoms with Crippen LogP contribution in [-0.4, -0.2) is 13.2 Å². The summed E-state index contributed by atoms with van der Waals surface area (Å²) in [6.07, 6.45) is 6.98. The second kappa shape index (κ2) is 15.3. The third-order valence-electron chi connectivity index (χ3n) is 4.78. The lowest BCUT2D eigenvalue weighted by Gasteiger charge is -2.17. The van der Waals surface area contributed by atoms with Crippen molar-refractivity contribution in [3.05, 3.63) is 54.6 Å². The van der Waals surface area contributed by atoms with Crippen molar-refractivity contribution in [3.8, 4) is 32.4 Å². The summed E-state index contributed by atoms with van der Waals surface area (Å²) < 4.78 is 46.1. The van der Waals surface area contributed by atoms with E-state index in [9.17, 15) is 0 Å². The first-order valence-electron chi connectivity index (χ1n) is 11.3. The molecule has 2 aromatic carbocycles. The zero-order valence-corrected chi connectivity index (χ0v) is 21.9. The van der Waals surface area contributed by atoms with E-state index in [1.807, 2.05) is 10.3 Å². The minimum atomic E-state index is -4.94. The van der Waals surface area contributed by atoms with E-state index in [-0.39, 0.29) is 0 Å². The SMILES string of the molecule is CCCCCOc1ccc(-c2cc(-c3ccccc3)[s+]s2)c(OCCCCC)c1.[O-][Cl+3]([O-])([O-])[O-]. The molecule has 34 heavy (non-hydrogen) atoms. The molecule has 0 aliphatic carbocycles. The normalized spacial score (nSPS) is 11.0. The van der Waals surface area contributed by atoms with Crippen molar-refractivity contribution in [3.63, 3.8) is 0 Å². The van der Waals surface area contributed by atoms with Crippen LogP contribution in [0.4, 0.5) is 0 Å². The third-order valence-corrected chi connectivity index (χ3v) is 7.24. The van der Waals surface area contributed by atoms with Crippen molar-refractivity contribution in [2.45, 2.75) is 52.4 Å². The molecule has 0 amide bonds. The molecule has 0 atom stereocenters. The standard InChI is InChI=1S/C25H31O2S2.ClHO4/c1-3-5-10-16-26-21-14-15-22(23(18-21)27-17-11-6-4-2)25-19-24(28-29-25)20-12-8-7-9-13-20;2-1(3,4)5/h7-9,12-15,18-19H,3-6,10-11,16-17H2,1-2H3;(H,2,3,4,5)/q+1;/p-1. The Morgan fingerprint density at radius 3 is 2.03 bits per heavy atom. The van der Waals surface area contributed by atoms with E-state index in [0.717, 1.165) is 43.1 Å². The van der Waals surface area contributed by atoms with E-state index in [0.29, 0.717) is 0 Å². The average Bonchev–Trinajstić information content (AvgIpc) is 3.29. The van der Waals surface area contributed by atoms with Gasteiger partial charge in [-0.2, -0.15) is 0 Å². The molecule has 0 N–H and O–H groups in total. The van der Waals surface area contributed by atoms with E-state index in [1.54, 1.807) is 10.3 Å². The van der Waals surface area contributed by atoms with Crippen LogP contribution in [0.15, 0.2) is 54.6 Å². The maximum atomic E-state index is 8.49. The Kier molecular flexibility index (Phi) is 12.8. The number of hydrogen-bond donors (Lipinski definition) is 0. The molecule has 0 aliphatic heterocycles. The second-order valence-electron chi connectivity index (χ2n) is 7.55. The molecule has 0 fully saturated rings. The highest BCUT2D eigenvalue weighted by Gasteiger charge is 2.20. The summed E-state index contributed by atoms with van der Waals surface area (Å²) >= 11 is 0.